The van der Waals surface area contributed by atoms with Crippen molar-refractivity contribution in [3.8, 4) is 0 Å². The number of carbonyl (C=O) groups excluding carboxylic acids is 3. The molecule has 0 aromatic heterocycles. The number of nitrogens with two attached hydrogens (primary N) is 1. The van der Waals surface area contributed by atoms with E-state index in [0.717, 1.165) is 12.8 Å². The van der Waals surface area contributed by atoms with Gasteiger partial charge in [0.25, 0.3) is 0 Å². The first-order valence-electron chi connectivity index (χ1n) is 14.0. The molecule has 13 nitrogen and oxygen atoms in total. The molecule has 240 valence electrons. The summed E-state index contributed by atoms with van der Waals surface area (Å²) in [6, 6.07) is 0. The van der Waals surface area contributed by atoms with Crippen molar-refractivity contribution < 1.29 is 147 Å². The molecule has 0 bridgehead atoms. The quantitative estimate of drug-likeness (QED) is 0.0341. The van der Waals surface area contributed by atoms with Gasteiger partial charge in [0.2, 0.25) is 5.91 Å². The number of hydrogen-bond acceptors (Lipinski definition) is 11. The van der Waals surface area contributed by atoms with Crippen LogP contribution in [0.25, 0.3) is 0 Å². The van der Waals surface area contributed by atoms with Gasteiger partial charge in [-0.05, 0) is 12.8 Å². The standard InChI is InChI=1S/C12H25NO.C11H21NO5.C3H9O5P.3Na/c1-2-3-4-5-6-7-8-9-10-11-12(13)14;1-5-8(13)12(3,4)11(6-2,10(16)17)7-9(14)15;4-2-1-3-8-9(5,6)7;;;/h2-11H2,1H3,(H2,13,14);8,13H,5-7H2,1-4H3,(H-,14,15,16,17);4H,1-3H2,(H2,5,6,7);;;/q;;;3*+1/p-3. The van der Waals surface area contributed by atoms with Gasteiger partial charge in [0.1, 0.15) is 11.5 Å². The minimum atomic E-state index is -4.81. The van der Waals surface area contributed by atoms with E-state index >= 15 is 0 Å². The number of aliphatic hydroxyl groups is 2. The summed E-state index contributed by atoms with van der Waals surface area (Å²) in [5.74, 6) is -3.11. The molecule has 0 saturated carbocycles. The predicted molar refractivity (Wildman–Crippen MR) is 142 cm³/mol. The molecule has 0 rings (SSSR count). The fourth-order valence-electron chi connectivity index (χ4n) is 4.02. The van der Waals surface area contributed by atoms with E-state index in [1.165, 1.54) is 59.0 Å². The first-order valence-corrected chi connectivity index (χ1v) is 15.4. The average molecular weight is 669 g/mol. The molecule has 2 atom stereocenters. The van der Waals surface area contributed by atoms with Crippen LogP contribution in [0.15, 0.2) is 0 Å². The van der Waals surface area contributed by atoms with Gasteiger partial charge in [-0.15, -0.1) is 0 Å². The molecular formula is C26H52N2Na3O11P. The van der Waals surface area contributed by atoms with E-state index in [1.807, 2.05) is 0 Å². The summed E-state index contributed by atoms with van der Waals surface area (Å²) in [6.07, 6.45) is 11.0. The number of hydrogen-bond donors (Lipinski definition) is 3. The van der Waals surface area contributed by atoms with Crippen LogP contribution in [0.2, 0.25) is 0 Å². The normalized spacial score (nSPS) is 12.7. The van der Waals surface area contributed by atoms with Crippen LogP contribution >= 0.6 is 7.82 Å². The molecule has 0 aliphatic heterocycles. The molecule has 43 heavy (non-hydrogen) atoms. The predicted octanol–water partition coefficient (Wildman–Crippen LogP) is -9.55. The number of amides is 1. The number of carbonyl (C=O) groups is 3. The van der Waals surface area contributed by atoms with E-state index in [9.17, 15) is 44.1 Å². The first kappa shape index (κ1) is 56.7. The van der Waals surface area contributed by atoms with E-state index in [1.54, 1.807) is 13.8 Å². The number of carboxylic acid groups (broad SMARTS) is 2. The Balaban J connectivity index is -0.000000120. The van der Waals surface area contributed by atoms with Crippen LogP contribution < -0.4 is 114 Å². The summed E-state index contributed by atoms with van der Waals surface area (Å²) in [6.45, 7) is 5.07. The molecule has 17 heteroatoms. The van der Waals surface area contributed by atoms with Crippen molar-refractivity contribution in [2.24, 2.45) is 5.73 Å². The van der Waals surface area contributed by atoms with Crippen LogP contribution in [0.5, 0.6) is 0 Å². The van der Waals surface area contributed by atoms with Gasteiger partial charge >= 0.3 is 88.7 Å². The first-order chi connectivity index (χ1) is 18.5. The maximum Gasteiger partial charge on any atom is 1.00 e. The third-order valence-electron chi connectivity index (χ3n) is 6.69. The van der Waals surface area contributed by atoms with Gasteiger partial charge in [-0.2, -0.15) is 0 Å². The Hall–Kier alpha value is 1.40. The van der Waals surface area contributed by atoms with Crippen molar-refractivity contribution in [2.75, 3.05) is 27.3 Å². The molecule has 0 radical (unpaired) electrons. The summed E-state index contributed by atoms with van der Waals surface area (Å²) in [7, 11) is -1.84. The molecule has 0 fully saturated rings. The number of aliphatic carboxylic acids is 2. The van der Waals surface area contributed by atoms with Crippen LogP contribution in [0, 0.1) is 0 Å². The number of phosphoric ester groups is 1. The fourth-order valence-corrected chi connectivity index (χ4v) is 4.37. The van der Waals surface area contributed by atoms with Crippen LogP contribution in [-0.4, -0.2) is 71.6 Å². The zero-order valence-electron chi connectivity index (χ0n) is 27.9. The summed E-state index contributed by atoms with van der Waals surface area (Å²) >= 11 is 0. The van der Waals surface area contributed by atoms with E-state index < -0.39 is 37.9 Å². The van der Waals surface area contributed by atoms with E-state index in [4.69, 9.17) is 10.8 Å². The number of primary amides is 1. The second kappa shape index (κ2) is 33.3. The van der Waals surface area contributed by atoms with Crippen LogP contribution in [0.3, 0.4) is 0 Å². The van der Waals surface area contributed by atoms with Crippen LogP contribution in [-0.2, 0) is 23.5 Å². The molecule has 0 heterocycles. The maximum absolute atomic E-state index is 11.3. The number of unbranched alkanes of at least 4 members (excludes halogenated alkanes) is 8. The van der Waals surface area contributed by atoms with Gasteiger partial charge in [-0.1, -0.05) is 72.1 Å². The second-order valence-electron chi connectivity index (χ2n) is 10.1. The van der Waals surface area contributed by atoms with Crippen molar-refractivity contribution in [3.05, 3.63) is 0 Å². The number of nitrogens with zero attached hydrogens (tertiary/aromatic N) is 1. The molecule has 1 amide bonds. The number of phosphoric acid groups is 1. The number of carboxylic acids is 2. The molecular weight excluding hydrogens is 616 g/mol. The zero-order valence-corrected chi connectivity index (χ0v) is 34.8. The Morgan fingerprint density at radius 2 is 1.33 bits per heavy atom. The molecule has 4 N–H and O–H groups in total. The third-order valence-corrected chi connectivity index (χ3v) is 7.19. The van der Waals surface area contributed by atoms with E-state index in [2.05, 4.69) is 11.4 Å². The molecule has 0 aromatic carbocycles. The summed E-state index contributed by atoms with van der Waals surface area (Å²) in [5, 5.41) is 40.0. The smallest absolute Gasteiger partial charge is 0.790 e. The number of likely N-dealkylation sites (N-methyl/N-ethyl adjacent to an activating group) is 1. The Kier molecular flexibility index (Phi) is 43.9. The van der Waals surface area contributed by atoms with Crippen molar-refractivity contribution >= 4 is 25.7 Å². The Bertz CT molecular complexity index is 747. The van der Waals surface area contributed by atoms with Crippen LogP contribution in [0.1, 0.15) is 111 Å². The van der Waals surface area contributed by atoms with Crippen molar-refractivity contribution in [1.82, 2.24) is 0 Å². The van der Waals surface area contributed by atoms with Gasteiger partial charge < -0.3 is 54.6 Å². The van der Waals surface area contributed by atoms with Crippen molar-refractivity contribution in [2.45, 2.75) is 122 Å². The Labute approximate surface area is 324 Å². The molecule has 2 unspecified atom stereocenters. The minimum absolute atomic E-state index is 0. The maximum atomic E-state index is 11.3. The van der Waals surface area contributed by atoms with Gasteiger partial charge in [-0.3, -0.25) is 9.28 Å². The zero-order chi connectivity index (χ0) is 31.8. The third kappa shape index (κ3) is 30.5. The SMILES string of the molecule is CCC(O)[N+](C)(C)C(CC)(CC(=O)[O-])C(=O)[O-].CCCCCCCCCCCC(N)=O.O=P([O-])([O-])OCCCO.[Na+].[Na+].[Na+]. The molecule has 0 aliphatic rings. The summed E-state index contributed by atoms with van der Waals surface area (Å²) in [5.41, 5.74) is 3.36. The molecule has 0 spiro atoms. The van der Waals surface area contributed by atoms with Crippen LogP contribution in [0.4, 0.5) is 0 Å². The van der Waals surface area contributed by atoms with Crippen molar-refractivity contribution in [3.63, 3.8) is 0 Å². The van der Waals surface area contributed by atoms with Gasteiger partial charge in [0.15, 0.2) is 6.23 Å². The fraction of sp³-hybridized carbons (Fsp3) is 0.885. The van der Waals surface area contributed by atoms with E-state index in [-0.39, 0.29) is 125 Å². The van der Waals surface area contributed by atoms with E-state index in [0.29, 0.717) is 12.8 Å². The topological polar surface area (TPSA) is 236 Å². The average Bonchev–Trinajstić information content (AvgIpc) is 2.85. The number of quaternary nitrogens is 1. The number of rotatable bonds is 21. The Morgan fingerprint density at radius 3 is 1.63 bits per heavy atom. The summed E-state index contributed by atoms with van der Waals surface area (Å²) < 4.78 is 13.1. The van der Waals surface area contributed by atoms with Gasteiger partial charge in [-0.25, -0.2) is 0 Å². The van der Waals surface area contributed by atoms with Gasteiger partial charge in [0, 0.05) is 38.3 Å². The monoisotopic (exact) mass is 668 g/mol. The second-order valence-corrected chi connectivity index (χ2v) is 11.2. The molecule has 0 aromatic rings. The molecule has 0 saturated heterocycles. The Morgan fingerprint density at radius 1 is 0.884 bits per heavy atom. The number of aliphatic hydroxyl groups excluding tert-OH is 2. The summed E-state index contributed by atoms with van der Waals surface area (Å²) in [4.78, 5) is 51.8. The van der Waals surface area contributed by atoms with Crippen molar-refractivity contribution in [1.29, 1.82) is 0 Å². The minimum Gasteiger partial charge on any atom is -0.790 e. The van der Waals surface area contributed by atoms with Gasteiger partial charge in [0.05, 0.1) is 28.5 Å². The molecule has 0 aliphatic carbocycles. The largest absolute Gasteiger partial charge is 1.00 e.